The van der Waals surface area contributed by atoms with Crippen LogP contribution in [-0.2, 0) is 20.1 Å². The van der Waals surface area contributed by atoms with Crippen molar-refractivity contribution in [1.29, 1.82) is 0 Å². The summed E-state index contributed by atoms with van der Waals surface area (Å²) in [5, 5.41) is -13.2. The zero-order chi connectivity index (χ0) is 22.6. The molecule has 0 aliphatic carbocycles. The first-order valence-electron chi connectivity index (χ1n) is 8.51. The van der Waals surface area contributed by atoms with Crippen LogP contribution >= 0.6 is 0 Å². The molecule has 0 heterocycles. The highest BCUT2D eigenvalue weighted by molar-refractivity contribution is 7.90. The molecule has 14 heteroatoms. The Hall–Kier alpha value is -0.600. The van der Waals surface area contributed by atoms with Gasteiger partial charge in [-0.1, -0.05) is 40.0 Å². The molecule has 0 aromatic carbocycles. The molecule has 0 saturated heterocycles. The lowest BCUT2D eigenvalue weighted by atomic mass is 10.0. The van der Waals surface area contributed by atoms with Crippen molar-refractivity contribution in [2.24, 2.45) is 5.92 Å². The van der Waals surface area contributed by atoms with E-state index in [0.29, 0.717) is 12.8 Å². The lowest BCUT2D eigenvalue weighted by molar-refractivity contribution is -0.246. The van der Waals surface area contributed by atoms with E-state index in [1.165, 1.54) is 13.8 Å². The summed E-state index contributed by atoms with van der Waals surface area (Å²) in [4.78, 5) is 0. The van der Waals surface area contributed by atoms with Crippen LogP contribution in [0.2, 0.25) is 0 Å². The van der Waals surface area contributed by atoms with E-state index in [2.05, 4.69) is 0 Å². The minimum absolute atomic E-state index is 0.0441. The zero-order valence-corrected chi connectivity index (χ0v) is 17.3. The van der Waals surface area contributed by atoms with Crippen LogP contribution in [0.15, 0.2) is 0 Å². The number of hydrogen-bond acceptors (Lipinski definition) is 4. The predicted molar refractivity (Wildman–Crippen MR) is 90.5 cm³/mol. The second kappa shape index (κ2) is 9.47. The predicted octanol–water partition coefficient (Wildman–Crippen LogP) is 3.95. The smallest absolute Gasteiger partial charge is 0.281 e. The van der Waals surface area contributed by atoms with Crippen LogP contribution in [0.4, 0.5) is 26.3 Å². The highest BCUT2D eigenvalue weighted by Gasteiger charge is 2.82. The molecule has 0 bridgehead atoms. The maximum absolute atomic E-state index is 14.1. The topological polar surface area (TPSA) is 91.8 Å². The first-order chi connectivity index (χ1) is 12.4. The summed E-state index contributed by atoms with van der Waals surface area (Å²) in [7, 11) is -13.4. The maximum Gasteiger partial charge on any atom is 0.439 e. The Balaban J connectivity index is 5.98. The first kappa shape index (κ1) is 27.4. The average Bonchev–Trinajstić information content (AvgIpc) is 2.53. The maximum atomic E-state index is 14.1. The van der Waals surface area contributed by atoms with Crippen LogP contribution in [0.25, 0.3) is 0 Å². The molecule has 6 nitrogen and oxygen atoms in total. The van der Waals surface area contributed by atoms with Crippen molar-refractivity contribution in [3.63, 3.8) is 0 Å². The fourth-order valence-corrected chi connectivity index (χ4v) is 4.56. The fourth-order valence-electron chi connectivity index (χ4n) is 2.40. The van der Waals surface area contributed by atoms with Gasteiger partial charge in [-0.15, -0.1) is 0 Å². The highest BCUT2D eigenvalue weighted by Crippen LogP contribution is 2.51. The van der Waals surface area contributed by atoms with Gasteiger partial charge in [-0.3, -0.25) is 4.55 Å². The van der Waals surface area contributed by atoms with E-state index in [9.17, 15) is 43.2 Å². The van der Waals surface area contributed by atoms with Crippen molar-refractivity contribution in [1.82, 2.24) is 4.31 Å². The van der Waals surface area contributed by atoms with E-state index in [1.54, 1.807) is 0 Å². The summed E-state index contributed by atoms with van der Waals surface area (Å²) in [6.45, 7) is 3.42. The summed E-state index contributed by atoms with van der Waals surface area (Å²) in [5.41, 5.74) is 0. The first-order valence-corrected chi connectivity index (χ1v) is 11.4. The van der Waals surface area contributed by atoms with E-state index < -0.39 is 55.6 Å². The van der Waals surface area contributed by atoms with Crippen LogP contribution in [0.3, 0.4) is 0 Å². The standard InChI is InChI=1S/C14H25F6NO5S2/c1-4-6-7-8-11(3)10-21(9-5-2)27(22,23)13(17,18)12(15,16)14(19,20)28(24,25)26/h11H,4-10H2,1-3H3,(H,24,25,26). The van der Waals surface area contributed by atoms with Gasteiger partial charge in [0.2, 0.25) is 0 Å². The highest BCUT2D eigenvalue weighted by atomic mass is 32.2. The Morgan fingerprint density at radius 1 is 0.893 bits per heavy atom. The minimum atomic E-state index is -7.03. The Labute approximate surface area is 161 Å². The van der Waals surface area contributed by atoms with Crippen molar-refractivity contribution in [2.75, 3.05) is 13.1 Å². The second-order valence-corrected chi connectivity index (χ2v) is 9.99. The molecule has 0 fully saturated rings. The molecule has 0 aromatic heterocycles. The molecule has 28 heavy (non-hydrogen) atoms. The van der Waals surface area contributed by atoms with E-state index in [0.717, 1.165) is 12.8 Å². The van der Waals surface area contributed by atoms with E-state index in [4.69, 9.17) is 4.55 Å². The molecule has 1 unspecified atom stereocenters. The van der Waals surface area contributed by atoms with Crippen LogP contribution in [0.5, 0.6) is 0 Å². The number of nitrogens with zero attached hydrogens (tertiary/aromatic N) is 1. The molecule has 0 amide bonds. The van der Waals surface area contributed by atoms with E-state index in [1.807, 2.05) is 6.92 Å². The Bertz CT molecular complexity index is 712. The summed E-state index contributed by atoms with van der Waals surface area (Å²) in [6, 6.07) is 0. The second-order valence-electron chi connectivity index (χ2n) is 6.55. The SMILES string of the molecule is CCCCCC(C)CN(CCC)S(=O)(=O)C(F)(F)C(F)(F)C(F)(F)S(=O)(=O)O. The summed E-state index contributed by atoms with van der Waals surface area (Å²) in [6.07, 6.45) is 2.49. The van der Waals surface area contributed by atoms with Gasteiger partial charge in [0, 0.05) is 13.1 Å². The number of hydrogen-bond donors (Lipinski definition) is 1. The fraction of sp³-hybridized carbons (Fsp3) is 1.00. The van der Waals surface area contributed by atoms with Crippen LogP contribution in [0, 0.1) is 5.92 Å². The monoisotopic (exact) mass is 465 g/mol. The molecule has 0 saturated carbocycles. The molecule has 0 radical (unpaired) electrons. The van der Waals surface area contributed by atoms with Crippen molar-refractivity contribution in [3.8, 4) is 0 Å². The molecule has 170 valence electrons. The summed E-state index contributed by atoms with van der Waals surface area (Å²) >= 11 is 0. The molecule has 0 aliphatic rings. The largest absolute Gasteiger partial charge is 0.439 e. The van der Waals surface area contributed by atoms with E-state index >= 15 is 0 Å². The molecule has 1 N–H and O–H groups in total. The lowest BCUT2D eigenvalue weighted by Gasteiger charge is -2.34. The number of alkyl halides is 6. The van der Waals surface area contributed by atoms with Gasteiger partial charge in [0.25, 0.3) is 10.0 Å². The molecule has 0 aromatic rings. The van der Waals surface area contributed by atoms with Gasteiger partial charge in [-0.25, -0.2) is 8.42 Å². The summed E-state index contributed by atoms with van der Waals surface area (Å²) < 4.78 is 136. The molecule has 1 atom stereocenters. The number of rotatable bonds is 13. The Kier molecular flexibility index (Phi) is 9.27. The van der Waals surface area contributed by atoms with Gasteiger partial charge in [-0.05, 0) is 18.8 Å². The van der Waals surface area contributed by atoms with Crippen LogP contribution < -0.4 is 0 Å². The Morgan fingerprint density at radius 3 is 1.79 bits per heavy atom. The zero-order valence-electron chi connectivity index (χ0n) is 15.6. The van der Waals surface area contributed by atoms with Crippen LogP contribution in [0.1, 0.15) is 52.9 Å². The molecule has 0 rings (SSSR count). The van der Waals surface area contributed by atoms with Crippen molar-refractivity contribution < 1.29 is 47.7 Å². The Morgan fingerprint density at radius 2 is 1.39 bits per heavy atom. The number of unbranched alkanes of at least 4 members (excludes halogenated alkanes) is 2. The third kappa shape index (κ3) is 5.30. The number of sulfonamides is 1. The van der Waals surface area contributed by atoms with Gasteiger partial charge >= 0.3 is 26.5 Å². The molecular weight excluding hydrogens is 440 g/mol. The third-order valence-electron chi connectivity index (χ3n) is 4.01. The van der Waals surface area contributed by atoms with Crippen molar-refractivity contribution in [3.05, 3.63) is 0 Å². The van der Waals surface area contributed by atoms with Gasteiger partial charge in [0.1, 0.15) is 0 Å². The third-order valence-corrected chi connectivity index (χ3v) is 6.83. The average molecular weight is 465 g/mol. The van der Waals surface area contributed by atoms with Crippen LogP contribution in [-0.4, -0.2) is 55.2 Å². The minimum Gasteiger partial charge on any atom is -0.281 e. The van der Waals surface area contributed by atoms with Crippen molar-refractivity contribution in [2.45, 2.75) is 69.3 Å². The van der Waals surface area contributed by atoms with Gasteiger partial charge < -0.3 is 0 Å². The van der Waals surface area contributed by atoms with Gasteiger partial charge in [-0.2, -0.15) is 39.1 Å². The van der Waals surface area contributed by atoms with Gasteiger partial charge in [0.15, 0.2) is 0 Å². The van der Waals surface area contributed by atoms with Crippen molar-refractivity contribution >= 4 is 20.1 Å². The van der Waals surface area contributed by atoms with Gasteiger partial charge in [0.05, 0.1) is 0 Å². The molecule has 0 spiro atoms. The normalized spacial score (nSPS) is 15.8. The number of halogens is 6. The lowest BCUT2D eigenvalue weighted by Crippen LogP contribution is -2.63. The molecule has 0 aliphatic heterocycles. The molecular formula is C14H25F6NO5S2. The van der Waals surface area contributed by atoms with E-state index in [-0.39, 0.29) is 10.7 Å². The summed E-state index contributed by atoms with van der Waals surface area (Å²) in [5.74, 6) is -7.46. The quantitative estimate of drug-likeness (QED) is 0.253.